The van der Waals surface area contributed by atoms with Crippen molar-refractivity contribution in [2.45, 2.75) is 20.8 Å². The van der Waals surface area contributed by atoms with Gasteiger partial charge in [-0.3, -0.25) is 0 Å². The van der Waals surface area contributed by atoms with Gasteiger partial charge in [-0.15, -0.1) is 0 Å². The summed E-state index contributed by atoms with van der Waals surface area (Å²) in [7, 11) is 0. The number of rotatable bonds is 1. The van der Waals surface area contributed by atoms with Crippen LogP contribution < -0.4 is 5.73 Å². The van der Waals surface area contributed by atoms with Crippen LogP contribution in [0.4, 0.5) is 5.69 Å². The number of aromatic nitrogens is 2. The molecule has 2 aromatic rings. The summed E-state index contributed by atoms with van der Waals surface area (Å²) in [6.45, 7) is 5.75. The second kappa shape index (κ2) is 3.95. The van der Waals surface area contributed by atoms with Gasteiger partial charge in [-0.2, -0.15) is 10.4 Å². The Morgan fingerprint density at radius 2 is 2.00 bits per heavy atom. The smallest absolute Gasteiger partial charge is 0.101 e. The molecule has 0 aliphatic heterocycles. The van der Waals surface area contributed by atoms with E-state index in [4.69, 9.17) is 11.0 Å². The van der Waals surface area contributed by atoms with E-state index < -0.39 is 0 Å². The second-order valence-electron chi connectivity index (χ2n) is 4.13. The molecule has 0 saturated carbocycles. The van der Waals surface area contributed by atoms with E-state index in [1.807, 2.05) is 32.9 Å². The Morgan fingerprint density at radius 1 is 1.29 bits per heavy atom. The normalized spacial score (nSPS) is 10.2. The highest BCUT2D eigenvalue weighted by Crippen LogP contribution is 2.22. The largest absolute Gasteiger partial charge is 0.396 e. The molecule has 2 N–H and O–H groups in total. The van der Waals surface area contributed by atoms with Crippen LogP contribution >= 0.6 is 0 Å². The van der Waals surface area contributed by atoms with Crippen molar-refractivity contribution in [3.05, 3.63) is 40.7 Å². The third kappa shape index (κ3) is 1.76. The van der Waals surface area contributed by atoms with Crippen molar-refractivity contribution in [1.29, 1.82) is 5.26 Å². The molecule has 0 amide bonds. The second-order valence-corrected chi connectivity index (χ2v) is 4.13. The molecule has 4 heteroatoms. The van der Waals surface area contributed by atoms with Gasteiger partial charge in [-0.05, 0) is 38.5 Å². The van der Waals surface area contributed by atoms with E-state index in [9.17, 15) is 0 Å². The van der Waals surface area contributed by atoms with Crippen LogP contribution in [0.15, 0.2) is 18.2 Å². The Balaban J connectivity index is 2.72. The standard InChI is InChI=1S/C13H14N4/c1-8-4-5-11(7-14)12(6-8)17-10(3)13(15)9(2)16-17/h4-6H,15H2,1-3H3. The lowest BCUT2D eigenvalue weighted by Crippen LogP contribution is -2.02. The molecule has 86 valence electrons. The Hall–Kier alpha value is -2.28. The molecule has 0 aliphatic rings. The monoisotopic (exact) mass is 226 g/mol. The van der Waals surface area contributed by atoms with Gasteiger partial charge in [0, 0.05) is 0 Å². The fraction of sp³-hybridized carbons (Fsp3) is 0.231. The van der Waals surface area contributed by atoms with E-state index in [1.54, 1.807) is 10.7 Å². The van der Waals surface area contributed by atoms with E-state index in [-0.39, 0.29) is 0 Å². The first-order valence-corrected chi connectivity index (χ1v) is 5.37. The van der Waals surface area contributed by atoms with E-state index in [0.717, 1.165) is 22.6 Å². The lowest BCUT2D eigenvalue weighted by molar-refractivity contribution is 0.830. The predicted molar refractivity (Wildman–Crippen MR) is 66.9 cm³/mol. The fourth-order valence-corrected chi connectivity index (χ4v) is 1.80. The van der Waals surface area contributed by atoms with Crippen molar-refractivity contribution in [2.75, 3.05) is 5.73 Å². The number of hydrogen-bond acceptors (Lipinski definition) is 3. The molecule has 0 spiro atoms. The molecule has 0 atom stereocenters. The minimum absolute atomic E-state index is 0.598. The molecule has 4 nitrogen and oxygen atoms in total. The van der Waals surface area contributed by atoms with Gasteiger partial charge < -0.3 is 5.73 Å². The van der Waals surface area contributed by atoms with E-state index >= 15 is 0 Å². The predicted octanol–water partition coefficient (Wildman–Crippen LogP) is 2.25. The summed E-state index contributed by atoms with van der Waals surface area (Å²) < 4.78 is 1.73. The van der Waals surface area contributed by atoms with Gasteiger partial charge in [0.05, 0.1) is 28.3 Å². The van der Waals surface area contributed by atoms with Gasteiger partial charge in [0.2, 0.25) is 0 Å². The van der Waals surface area contributed by atoms with Crippen LogP contribution in [0.25, 0.3) is 5.69 Å². The zero-order valence-corrected chi connectivity index (χ0v) is 10.2. The van der Waals surface area contributed by atoms with Gasteiger partial charge in [0.25, 0.3) is 0 Å². The molecule has 0 bridgehead atoms. The SMILES string of the molecule is Cc1ccc(C#N)c(-n2nc(C)c(N)c2C)c1. The molecular formula is C13H14N4. The highest BCUT2D eigenvalue weighted by Gasteiger charge is 2.12. The maximum Gasteiger partial charge on any atom is 0.101 e. The quantitative estimate of drug-likeness (QED) is 0.810. The number of anilines is 1. The number of aryl methyl sites for hydroxylation is 2. The third-order valence-electron chi connectivity index (χ3n) is 2.85. The van der Waals surface area contributed by atoms with E-state index in [1.165, 1.54) is 0 Å². The van der Waals surface area contributed by atoms with Crippen LogP contribution in [-0.2, 0) is 0 Å². The summed E-state index contributed by atoms with van der Waals surface area (Å²) in [5.41, 5.74) is 10.7. The summed E-state index contributed by atoms with van der Waals surface area (Å²) in [4.78, 5) is 0. The number of nitrogens with two attached hydrogens (primary N) is 1. The van der Waals surface area contributed by atoms with Gasteiger partial charge in [-0.1, -0.05) is 6.07 Å². The molecule has 1 heterocycles. The highest BCUT2D eigenvalue weighted by atomic mass is 15.3. The average Bonchev–Trinajstić information content (AvgIpc) is 2.57. The Kier molecular flexibility index (Phi) is 2.60. The molecule has 1 aromatic heterocycles. The minimum Gasteiger partial charge on any atom is -0.396 e. The number of nitrogens with zero attached hydrogens (tertiary/aromatic N) is 3. The number of nitriles is 1. The third-order valence-corrected chi connectivity index (χ3v) is 2.85. The summed E-state index contributed by atoms with van der Waals surface area (Å²) in [6, 6.07) is 7.83. The maximum absolute atomic E-state index is 9.12. The average molecular weight is 226 g/mol. The summed E-state index contributed by atoms with van der Waals surface area (Å²) >= 11 is 0. The maximum atomic E-state index is 9.12. The first-order valence-electron chi connectivity index (χ1n) is 5.37. The molecule has 2 rings (SSSR count). The molecule has 1 aromatic carbocycles. The first-order chi connectivity index (χ1) is 8.04. The van der Waals surface area contributed by atoms with E-state index in [2.05, 4.69) is 11.2 Å². The molecule has 0 fully saturated rings. The molecule has 0 unspecified atom stereocenters. The number of nitrogen functional groups attached to an aromatic ring is 1. The molecular weight excluding hydrogens is 212 g/mol. The number of hydrogen-bond donors (Lipinski definition) is 1. The van der Waals surface area contributed by atoms with Crippen molar-refractivity contribution in [1.82, 2.24) is 9.78 Å². The van der Waals surface area contributed by atoms with Crippen LogP contribution in [0.5, 0.6) is 0 Å². The van der Waals surface area contributed by atoms with Crippen molar-refractivity contribution in [3.63, 3.8) is 0 Å². The van der Waals surface area contributed by atoms with Crippen LogP contribution in [-0.4, -0.2) is 9.78 Å². The van der Waals surface area contributed by atoms with Crippen LogP contribution in [0.3, 0.4) is 0 Å². The van der Waals surface area contributed by atoms with Crippen LogP contribution in [0.2, 0.25) is 0 Å². The van der Waals surface area contributed by atoms with E-state index in [0.29, 0.717) is 11.3 Å². The van der Waals surface area contributed by atoms with Gasteiger partial charge in [0.15, 0.2) is 0 Å². The Morgan fingerprint density at radius 3 is 2.53 bits per heavy atom. The summed E-state index contributed by atoms with van der Waals surface area (Å²) in [6.07, 6.45) is 0. The fourth-order valence-electron chi connectivity index (χ4n) is 1.80. The summed E-state index contributed by atoms with van der Waals surface area (Å²) in [5.74, 6) is 0. The molecule has 0 aliphatic carbocycles. The van der Waals surface area contributed by atoms with Gasteiger partial charge in [0.1, 0.15) is 6.07 Å². The minimum atomic E-state index is 0.598. The number of benzene rings is 1. The summed E-state index contributed by atoms with van der Waals surface area (Å²) in [5, 5.41) is 13.5. The lowest BCUT2D eigenvalue weighted by atomic mass is 10.1. The van der Waals surface area contributed by atoms with Crippen LogP contribution in [0, 0.1) is 32.1 Å². The highest BCUT2D eigenvalue weighted by molar-refractivity contribution is 5.55. The van der Waals surface area contributed by atoms with Crippen molar-refractivity contribution < 1.29 is 0 Å². The Bertz CT molecular complexity index is 617. The zero-order valence-electron chi connectivity index (χ0n) is 10.2. The lowest BCUT2D eigenvalue weighted by Gasteiger charge is -2.07. The van der Waals surface area contributed by atoms with Crippen molar-refractivity contribution in [3.8, 4) is 11.8 Å². The topological polar surface area (TPSA) is 67.6 Å². The van der Waals surface area contributed by atoms with Gasteiger partial charge in [-0.25, -0.2) is 4.68 Å². The van der Waals surface area contributed by atoms with Crippen LogP contribution in [0.1, 0.15) is 22.5 Å². The van der Waals surface area contributed by atoms with Crippen molar-refractivity contribution in [2.24, 2.45) is 0 Å². The molecule has 17 heavy (non-hydrogen) atoms. The zero-order chi connectivity index (χ0) is 12.6. The first kappa shape index (κ1) is 11.2. The Labute approximate surface area is 100 Å². The van der Waals surface area contributed by atoms with Crippen molar-refractivity contribution >= 4 is 5.69 Å². The molecule has 0 saturated heterocycles. The van der Waals surface area contributed by atoms with Gasteiger partial charge >= 0.3 is 0 Å². The molecule has 0 radical (unpaired) electrons.